The monoisotopic (exact) mass is 392 g/mol. The van der Waals surface area contributed by atoms with E-state index in [2.05, 4.69) is 10.1 Å². The van der Waals surface area contributed by atoms with Crippen molar-refractivity contribution >= 4 is 17.7 Å². The number of nitrogens with zero attached hydrogens (tertiary/aromatic N) is 2. The maximum Gasteiger partial charge on any atom is 0.316 e. The molecule has 0 amide bonds. The van der Waals surface area contributed by atoms with Gasteiger partial charge in [0.1, 0.15) is 17.4 Å². The van der Waals surface area contributed by atoms with Crippen molar-refractivity contribution in [2.75, 3.05) is 12.9 Å². The Bertz CT molecular complexity index is 949. The van der Waals surface area contributed by atoms with Crippen LogP contribution >= 0.6 is 11.8 Å². The number of carbonyl (C=O) groups is 1. The molecule has 0 aliphatic carbocycles. The van der Waals surface area contributed by atoms with Gasteiger partial charge in [-0.2, -0.15) is 4.98 Å². The van der Waals surface area contributed by atoms with Crippen molar-refractivity contribution in [3.05, 3.63) is 60.0 Å². The zero-order chi connectivity index (χ0) is 19.2. The van der Waals surface area contributed by atoms with Gasteiger partial charge in [-0.25, -0.2) is 8.78 Å². The first-order valence-corrected chi connectivity index (χ1v) is 8.75. The number of aromatic nitrogens is 2. The van der Waals surface area contributed by atoms with Crippen LogP contribution in [0.3, 0.4) is 0 Å². The van der Waals surface area contributed by atoms with Crippen LogP contribution in [0.15, 0.2) is 51.9 Å². The van der Waals surface area contributed by atoms with E-state index in [-0.39, 0.29) is 23.1 Å². The number of para-hydroxylation sites is 1. The Kier molecular flexibility index (Phi) is 6.02. The highest BCUT2D eigenvalue weighted by Gasteiger charge is 2.15. The maximum absolute atomic E-state index is 13.5. The standard InChI is InChI=1S/C18H14F2N2O4S/c1-24-14-5-3-2-4-12(14)18-21-16(26-22-18)9-25-17(23)10-27-15-8-11(19)6-7-13(15)20/h2-8H,9-10H2,1H3. The SMILES string of the molecule is COc1ccccc1-c1noc(COC(=O)CSc2cc(F)ccc2F)n1. The van der Waals surface area contributed by atoms with Crippen molar-refractivity contribution in [3.63, 3.8) is 0 Å². The molecule has 0 N–H and O–H groups in total. The Hall–Kier alpha value is -2.94. The molecule has 27 heavy (non-hydrogen) atoms. The van der Waals surface area contributed by atoms with Crippen molar-refractivity contribution < 1.29 is 27.6 Å². The van der Waals surface area contributed by atoms with E-state index in [0.717, 1.165) is 30.0 Å². The van der Waals surface area contributed by atoms with Crippen LogP contribution in [0, 0.1) is 11.6 Å². The summed E-state index contributed by atoms with van der Waals surface area (Å²) in [6, 6.07) is 10.2. The summed E-state index contributed by atoms with van der Waals surface area (Å²) >= 11 is 0.839. The first kappa shape index (κ1) is 18.8. The molecule has 1 aromatic heterocycles. The van der Waals surface area contributed by atoms with Gasteiger partial charge in [-0.3, -0.25) is 4.79 Å². The molecule has 2 aromatic carbocycles. The number of halogens is 2. The zero-order valence-corrected chi connectivity index (χ0v) is 15.0. The van der Waals surface area contributed by atoms with Crippen LogP contribution in [0.1, 0.15) is 5.89 Å². The molecule has 1 heterocycles. The quantitative estimate of drug-likeness (QED) is 0.446. The summed E-state index contributed by atoms with van der Waals surface area (Å²) in [4.78, 5) is 16.0. The molecule has 3 rings (SSSR count). The van der Waals surface area contributed by atoms with Gasteiger partial charge in [-0.1, -0.05) is 17.3 Å². The molecule has 0 unspecified atom stereocenters. The largest absolute Gasteiger partial charge is 0.496 e. The molecular formula is C18H14F2N2O4S. The van der Waals surface area contributed by atoms with Gasteiger partial charge in [0.05, 0.1) is 18.4 Å². The lowest BCUT2D eigenvalue weighted by atomic mass is 10.2. The minimum atomic E-state index is -0.624. The first-order chi connectivity index (χ1) is 13.1. The fourth-order valence-electron chi connectivity index (χ4n) is 2.16. The van der Waals surface area contributed by atoms with E-state index < -0.39 is 17.6 Å². The Morgan fingerprint density at radius 3 is 2.85 bits per heavy atom. The summed E-state index contributed by atoms with van der Waals surface area (Å²) in [6.07, 6.45) is 0. The van der Waals surface area contributed by atoms with Crippen LogP contribution in [0.2, 0.25) is 0 Å². The number of hydrogen-bond donors (Lipinski definition) is 0. The van der Waals surface area contributed by atoms with Crippen LogP contribution < -0.4 is 4.74 Å². The molecule has 0 saturated carbocycles. The normalized spacial score (nSPS) is 10.6. The number of thioether (sulfide) groups is 1. The second-order valence-electron chi connectivity index (χ2n) is 5.24. The molecular weight excluding hydrogens is 378 g/mol. The third kappa shape index (κ3) is 4.82. The fraction of sp³-hybridized carbons (Fsp3) is 0.167. The van der Waals surface area contributed by atoms with Crippen LogP contribution in [-0.2, 0) is 16.1 Å². The number of rotatable bonds is 7. The van der Waals surface area contributed by atoms with Gasteiger partial charge in [-0.05, 0) is 30.3 Å². The third-order valence-corrected chi connectivity index (χ3v) is 4.42. The van der Waals surface area contributed by atoms with Gasteiger partial charge in [-0.15, -0.1) is 11.8 Å². The van der Waals surface area contributed by atoms with E-state index in [0.29, 0.717) is 17.1 Å². The maximum atomic E-state index is 13.5. The van der Waals surface area contributed by atoms with Gasteiger partial charge >= 0.3 is 5.97 Å². The Morgan fingerprint density at radius 2 is 2.04 bits per heavy atom. The molecule has 3 aromatic rings. The zero-order valence-electron chi connectivity index (χ0n) is 14.1. The highest BCUT2D eigenvalue weighted by atomic mass is 32.2. The topological polar surface area (TPSA) is 74.5 Å². The Balaban J connectivity index is 1.55. The number of carbonyl (C=O) groups excluding carboxylic acids is 1. The summed E-state index contributed by atoms with van der Waals surface area (Å²) in [5.41, 5.74) is 0.637. The molecule has 0 aliphatic heterocycles. The van der Waals surface area contributed by atoms with Gasteiger partial charge < -0.3 is 14.0 Å². The van der Waals surface area contributed by atoms with E-state index in [1.807, 2.05) is 6.07 Å². The number of benzene rings is 2. The molecule has 0 radical (unpaired) electrons. The van der Waals surface area contributed by atoms with E-state index in [1.54, 1.807) is 18.2 Å². The number of esters is 1. The van der Waals surface area contributed by atoms with Crippen LogP contribution in [-0.4, -0.2) is 29.0 Å². The van der Waals surface area contributed by atoms with Gasteiger partial charge in [0.25, 0.3) is 5.89 Å². The first-order valence-electron chi connectivity index (χ1n) is 7.76. The van der Waals surface area contributed by atoms with Crippen molar-refractivity contribution in [1.29, 1.82) is 0 Å². The van der Waals surface area contributed by atoms with E-state index in [4.69, 9.17) is 14.0 Å². The molecule has 0 saturated heterocycles. The van der Waals surface area contributed by atoms with Crippen molar-refractivity contribution in [3.8, 4) is 17.1 Å². The van der Waals surface area contributed by atoms with Crippen molar-refractivity contribution in [2.24, 2.45) is 0 Å². The van der Waals surface area contributed by atoms with Crippen LogP contribution in [0.25, 0.3) is 11.4 Å². The lowest BCUT2D eigenvalue weighted by Crippen LogP contribution is -2.07. The summed E-state index contributed by atoms with van der Waals surface area (Å²) in [7, 11) is 1.53. The number of methoxy groups -OCH3 is 1. The van der Waals surface area contributed by atoms with Gasteiger partial charge in [0.15, 0.2) is 6.61 Å². The molecule has 0 atom stereocenters. The molecule has 6 nitrogen and oxygen atoms in total. The Morgan fingerprint density at radius 1 is 1.22 bits per heavy atom. The summed E-state index contributed by atoms with van der Waals surface area (Å²) in [5, 5.41) is 3.83. The van der Waals surface area contributed by atoms with Crippen molar-refractivity contribution in [1.82, 2.24) is 10.1 Å². The second kappa shape index (κ2) is 8.63. The van der Waals surface area contributed by atoms with E-state index in [9.17, 15) is 13.6 Å². The Labute approximate surface area is 157 Å². The molecule has 0 bridgehead atoms. The summed E-state index contributed by atoms with van der Waals surface area (Å²) in [6.45, 7) is -0.229. The number of hydrogen-bond acceptors (Lipinski definition) is 7. The predicted molar refractivity (Wildman–Crippen MR) is 93.2 cm³/mol. The fourth-order valence-corrected chi connectivity index (χ4v) is 2.92. The molecule has 0 fully saturated rings. The van der Waals surface area contributed by atoms with Crippen molar-refractivity contribution in [2.45, 2.75) is 11.5 Å². The molecule has 140 valence electrons. The average Bonchev–Trinajstić information content (AvgIpc) is 3.16. The van der Waals surface area contributed by atoms with Crippen LogP contribution in [0.4, 0.5) is 8.78 Å². The smallest absolute Gasteiger partial charge is 0.316 e. The van der Waals surface area contributed by atoms with E-state index in [1.165, 1.54) is 7.11 Å². The highest BCUT2D eigenvalue weighted by Crippen LogP contribution is 2.27. The molecule has 0 spiro atoms. The molecule has 0 aliphatic rings. The van der Waals surface area contributed by atoms with E-state index >= 15 is 0 Å². The van der Waals surface area contributed by atoms with Crippen LogP contribution in [0.5, 0.6) is 5.75 Å². The predicted octanol–water partition coefficient (Wildman–Crippen LogP) is 3.86. The van der Waals surface area contributed by atoms with Gasteiger partial charge in [0.2, 0.25) is 5.82 Å². The highest BCUT2D eigenvalue weighted by molar-refractivity contribution is 8.00. The second-order valence-corrected chi connectivity index (χ2v) is 6.25. The minimum Gasteiger partial charge on any atom is -0.496 e. The lowest BCUT2D eigenvalue weighted by molar-refractivity contribution is -0.142. The minimum absolute atomic E-state index is 0.0307. The number of ether oxygens (including phenoxy) is 2. The average molecular weight is 392 g/mol. The van der Waals surface area contributed by atoms with Gasteiger partial charge in [0, 0.05) is 4.90 Å². The summed E-state index contributed by atoms with van der Waals surface area (Å²) in [5.74, 6) is -1.01. The third-order valence-electron chi connectivity index (χ3n) is 3.41. The summed E-state index contributed by atoms with van der Waals surface area (Å²) < 4.78 is 41.9. The lowest BCUT2D eigenvalue weighted by Gasteiger charge is -2.04. The molecule has 9 heteroatoms.